The van der Waals surface area contributed by atoms with Crippen LogP contribution in [0.5, 0.6) is 11.5 Å². The van der Waals surface area contributed by atoms with Crippen LogP contribution in [-0.4, -0.2) is 38.0 Å². The number of sulfone groups is 1. The molecular weight excluding hydrogens is 350 g/mol. The van der Waals surface area contributed by atoms with Crippen LogP contribution in [0.1, 0.15) is 22.6 Å². The van der Waals surface area contributed by atoms with Gasteiger partial charge in [-0.1, -0.05) is 12.1 Å². The summed E-state index contributed by atoms with van der Waals surface area (Å²) in [6.45, 7) is 1.41. The lowest BCUT2D eigenvalue weighted by molar-refractivity contribution is 0.402. The van der Waals surface area contributed by atoms with Gasteiger partial charge >= 0.3 is 0 Å². The highest BCUT2D eigenvalue weighted by molar-refractivity contribution is 7.90. The molecule has 130 valence electrons. The minimum absolute atomic E-state index is 0. The molecule has 0 aromatic heterocycles. The Morgan fingerprint density at radius 2 is 1.83 bits per heavy atom. The highest BCUT2D eigenvalue weighted by Crippen LogP contribution is 2.36. The van der Waals surface area contributed by atoms with Crippen LogP contribution in [0.25, 0.3) is 0 Å². The van der Waals surface area contributed by atoms with E-state index in [-0.39, 0.29) is 34.7 Å². The highest BCUT2D eigenvalue weighted by atomic mass is 35.5. The van der Waals surface area contributed by atoms with Crippen LogP contribution in [0.4, 0.5) is 0 Å². The lowest BCUT2D eigenvalue weighted by Gasteiger charge is -2.19. The molecule has 0 saturated carbocycles. The third-order valence-corrected chi connectivity index (χ3v) is 5.33. The van der Waals surface area contributed by atoms with Crippen molar-refractivity contribution in [3.05, 3.63) is 53.1 Å². The minimum atomic E-state index is -3.28. The summed E-state index contributed by atoms with van der Waals surface area (Å²) >= 11 is 0. The molecule has 7 heteroatoms. The number of aromatic hydroxyl groups is 2. The zero-order valence-electron chi connectivity index (χ0n) is 13.2. The van der Waals surface area contributed by atoms with Crippen molar-refractivity contribution in [2.24, 2.45) is 0 Å². The molecule has 1 aliphatic rings. The zero-order valence-corrected chi connectivity index (χ0v) is 14.8. The van der Waals surface area contributed by atoms with Crippen molar-refractivity contribution in [3.8, 4) is 11.5 Å². The Labute approximate surface area is 147 Å². The molecule has 0 saturated heterocycles. The van der Waals surface area contributed by atoms with Gasteiger partial charge in [-0.25, -0.2) is 8.42 Å². The third-order valence-electron chi connectivity index (χ3n) is 4.22. The molecule has 0 radical (unpaired) electrons. The fraction of sp³-hybridized carbons (Fsp3) is 0.294. The average molecular weight is 370 g/mol. The Kier molecular flexibility index (Phi) is 5.42. The molecule has 0 fully saturated rings. The SMILES string of the molecule is CS(=O)(=O)c1cccc(C2CNCCc3cc(O)c(O)cc32)c1.Cl. The number of hydrogen-bond acceptors (Lipinski definition) is 5. The molecule has 1 aliphatic heterocycles. The van der Waals surface area contributed by atoms with E-state index >= 15 is 0 Å². The normalized spacial score (nSPS) is 17.5. The molecule has 1 atom stereocenters. The second-order valence-electron chi connectivity index (χ2n) is 5.89. The number of rotatable bonds is 2. The predicted octanol–water partition coefficient (Wildman–Crippen LogP) is 2.20. The van der Waals surface area contributed by atoms with Gasteiger partial charge < -0.3 is 15.5 Å². The molecule has 0 bridgehead atoms. The number of halogens is 1. The van der Waals surface area contributed by atoms with E-state index < -0.39 is 9.84 Å². The zero-order chi connectivity index (χ0) is 16.6. The number of fused-ring (bicyclic) bond motifs is 1. The number of nitrogens with one attached hydrogen (secondary N) is 1. The molecule has 0 aliphatic carbocycles. The third kappa shape index (κ3) is 3.66. The van der Waals surface area contributed by atoms with Crippen LogP contribution in [0, 0.1) is 0 Å². The first-order valence-corrected chi connectivity index (χ1v) is 9.31. The smallest absolute Gasteiger partial charge is 0.175 e. The van der Waals surface area contributed by atoms with E-state index in [0.29, 0.717) is 6.54 Å². The summed E-state index contributed by atoms with van der Waals surface area (Å²) in [5, 5.41) is 22.9. The van der Waals surface area contributed by atoms with Gasteiger partial charge in [0.15, 0.2) is 21.3 Å². The summed E-state index contributed by atoms with van der Waals surface area (Å²) in [6, 6.07) is 10.1. The average Bonchev–Trinajstić information content (AvgIpc) is 2.69. The Morgan fingerprint density at radius 1 is 1.12 bits per heavy atom. The summed E-state index contributed by atoms with van der Waals surface area (Å²) in [5.41, 5.74) is 2.74. The van der Waals surface area contributed by atoms with E-state index in [1.807, 2.05) is 6.07 Å². The molecule has 2 aromatic rings. The molecule has 0 spiro atoms. The van der Waals surface area contributed by atoms with Crippen LogP contribution in [0.3, 0.4) is 0 Å². The van der Waals surface area contributed by atoms with Crippen LogP contribution in [0.15, 0.2) is 41.3 Å². The molecule has 3 N–H and O–H groups in total. The fourth-order valence-corrected chi connectivity index (χ4v) is 3.69. The molecule has 24 heavy (non-hydrogen) atoms. The second kappa shape index (κ2) is 7.01. The Hall–Kier alpha value is -1.76. The number of phenolic OH excluding ortho intramolecular Hbond substituents is 2. The first kappa shape index (κ1) is 18.6. The first-order chi connectivity index (χ1) is 10.9. The molecule has 3 rings (SSSR count). The Bertz CT molecular complexity index is 852. The van der Waals surface area contributed by atoms with Crippen molar-refractivity contribution >= 4 is 22.2 Å². The van der Waals surface area contributed by atoms with Gasteiger partial charge in [0.25, 0.3) is 0 Å². The molecule has 1 heterocycles. The summed E-state index contributed by atoms with van der Waals surface area (Å²) in [7, 11) is -3.28. The predicted molar refractivity (Wildman–Crippen MR) is 95.0 cm³/mol. The first-order valence-electron chi connectivity index (χ1n) is 7.42. The highest BCUT2D eigenvalue weighted by Gasteiger charge is 2.23. The van der Waals surface area contributed by atoms with Crippen LogP contribution in [0.2, 0.25) is 0 Å². The standard InChI is InChI=1S/C17H19NO4S.ClH/c1-23(21,22)13-4-2-3-11(7-13)15-10-18-6-5-12-8-16(19)17(20)9-14(12)15;/h2-4,7-9,15,18-20H,5-6,10H2,1H3;1H. The lowest BCUT2D eigenvalue weighted by Crippen LogP contribution is -2.21. The topological polar surface area (TPSA) is 86.6 Å². The maximum absolute atomic E-state index is 11.8. The van der Waals surface area contributed by atoms with Gasteiger partial charge in [-0.15, -0.1) is 12.4 Å². The monoisotopic (exact) mass is 369 g/mol. The Balaban J connectivity index is 0.00000208. The summed E-state index contributed by atoms with van der Waals surface area (Å²) in [4.78, 5) is 0.281. The van der Waals surface area contributed by atoms with Gasteiger partial charge in [-0.2, -0.15) is 0 Å². The van der Waals surface area contributed by atoms with Gasteiger partial charge in [0, 0.05) is 18.7 Å². The Morgan fingerprint density at radius 3 is 2.54 bits per heavy atom. The largest absolute Gasteiger partial charge is 0.504 e. The number of phenols is 2. The van der Waals surface area contributed by atoms with E-state index in [1.54, 1.807) is 30.3 Å². The van der Waals surface area contributed by atoms with E-state index in [0.717, 1.165) is 29.7 Å². The van der Waals surface area contributed by atoms with Crippen LogP contribution >= 0.6 is 12.4 Å². The van der Waals surface area contributed by atoms with Crippen molar-refractivity contribution in [2.75, 3.05) is 19.3 Å². The minimum Gasteiger partial charge on any atom is -0.504 e. The van der Waals surface area contributed by atoms with Gasteiger partial charge in [0.05, 0.1) is 4.90 Å². The van der Waals surface area contributed by atoms with Gasteiger partial charge in [0.1, 0.15) is 0 Å². The van der Waals surface area contributed by atoms with Crippen LogP contribution < -0.4 is 5.32 Å². The maximum atomic E-state index is 11.8. The molecule has 2 aromatic carbocycles. The van der Waals surface area contributed by atoms with Gasteiger partial charge in [0.2, 0.25) is 0 Å². The van der Waals surface area contributed by atoms with E-state index in [1.165, 1.54) is 6.26 Å². The number of hydrogen-bond donors (Lipinski definition) is 3. The fourth-order valence-electron chi connectivity index (χ4n) is 3.02. The molecule has 0 amide bonds. The lowest BCUT2D eigenvalue weighted by atomic mass is 9.88. The molecule has 5 nitrogen and oxygen atoms in total. The summed E-state index contributed by atoms with van der Waals surface area (Å²) in [5.74, 6) is -0.370. The van der Waals surface area contributed by atoms with Crippen LogP contribution in [-0.2, 0) is 16.3 Å². The molecule has 1 unspecified atom stereocenters. The van der Waals surface area contributed by atoms with E-state index in [2.05, 4.69) is 5.32 Å². The number of benzene rings is 2. The van der Waals surface area contributed by atoms with Crippen molar-refractivity contribution in [1.29, 1.82) is 0 Å². The van der Waals surface area contributed by atoms with Crippen molar-refractivity contribution in [3.63, 3.8) is 0 Å². The maximum Gasteiger partial charge on any atom is 0.175 e. The summed E-state index contributed by atoms with van der Waals surface area (Å²) in [6.07, 6.45) is 1.93. The van der Waals surface area contributed by atoms with E-state index in [9.17, 15) is 18.6 Å². The second-order valence-corrected chi connectivity index (χ2v) is 7.91. The van der Waals surface area contributed by atoms with Gasteiger partial charge in [-0.05, 0) is 53.9 Å². The molecular formula is C17H20ClNO4S. The van der Waals surface area contributed by atoms with E-state index in [4.69, 9.17) is 0 Å². The van der Waals surface area contributed by atoms with Crippen molar-refractivity contribution < 1.29 is 18.6 Å². The summed E-state index contributed by atoms with van der Waals surface area (Å²) < 4.78 is 23.6. The quantitative estimate of drug-likeness (QED) is 0.706. The van der Waals surface area contributed by atoms with Crippen molar-refractivity contribution in [2.45, 2.75) is 17.2 Å². The van der Waals surface area contributed by atoms with Crippen molar-refractivity contribution in [1.82, 2.24) is 5.32 Å². The van der Waals surface area contributed by atoms with Gasteiger partial charge in [-0.3, -0.25) is 0 Å².